The van der Waals surface area contributed by atoms with Crippen LogP contribution in [0, 0.1) is 11.8 Å². The molecule has 0 bridgehead atoms. The summed E-state index contributed by atoms with van der Waals surface area (Å²) in [7, 11) is 0. The molecule has 0 fully saturated rings. The van der Waals surface area contributed by atoms with Crippen LogP contribution in [-0.2, 0) is 23.9 Å². The molecule has 0 saturated heterocycles. The molecule has 0 spiro atoms. The number of carbonyl (C=O) groups is 4. The van der Waals surface area contributed by atoms with E-state index >= 15 is 0 Å². The largest absolute Gasteiger partial charge is 0.478 e. The van der Waals surface area contributed by atoms with E-state index in [0.29, 0.717) is 25.7 Å². The molecule has 0 aromatic heterocycles. The summed E-state index contributed by atoms with van der Waals surface area (Å²) in [6, 6.07) is 0. The van der Waals surface area contributed by atoms with Gasteiger partial charge in [-0.3, -0.25) is 0 Å². The van der Waals surface area contributed by atoms with Gasteiger partial charge in [-0.1, -0.05) is 13.8 Å². The number of rotatable bonds is 4. The normalized spacial score (nSPS) is 24.1. The highest BCUT2D eigenvalue weighted by molar-refractivity contribution is 6.08. The van der Waals surface area contributed by atoms with Gasteiger partial charge in [0, 0.05) is 11.1 Å². The van der Waals surface area contributed by atoms with Crippen LogP contribution in [-0.4, -0.2) is 34.1 Å². The zero-order chi connectivity index (χ0) is 18.7. The quantitative estimate of drug-likeness (QED) is 0.590. The lowest BCUT2D eigenvalue weighted by Crippen LogP contribution is -2.27. The Morgan fingerprint density at radius 2 is 1.16 bits per heavy atom. The van der Waals surface area contributed by atoms with E-state index in [2.05, 4.69) is 0 Å². The first-order valence-electron chi connectivity index (χ1n) is 8.43. The van der Waals surface area contributed by atoms with Crippen molar-refractivity contribution in [2.75, 3.05) is 0 Å². The van der Waals surface area contributed by atoms with Crippen LogP contribution in [0.25, 0.3) is 0 Å². The van der Waals surface area contributed by atoms with E-state index in [9.17, 15) is 29.4 Å². The minimum absolute atomic E-state index is 0.000864. The van der Waals surface area contributed by atoms with Crippen LogP contribution in [0.5, 0.6) is 0 Å². The summed E-state index contributed by atoms with van der Waals surface area (Å²) < 4.78 is 4.87. The lowest BCUT2D eigenvalue weighted by Gasteiger charge is -2.24. The molecule has 7 heteroatoms. The summed E-state index contributed by atoms with van der Waals surface area (Å²) in [5.41, 5.74) is -0.0381. The van der Waals surface area contributed by atoms with Gasteiger partial charge in [0.1, 0.15) is 0 Å². The minimum atomic E-state index is -1.19. The summed E-state index contributed by atoms with van der Waals surface area (Å²) in [6.07, 6.45) is 3.04. The van der Waals surface area contributed by atoms with Crippen LogP contribution >= 0.6 is 0 Å². The summed E-state index contributed by atoms with van der Waals surface area (Å²) in [5, 5.41) is 18.6. The van der Waals surface area contributed by atoms with Crippen LogP contribution in [0.4, 0.5) is 0 Å². The highest BCUT2D eigenvalue weighted by atomic mass is 16.6. The average Bonchev–Trinajstić information content (AvgIpc) is 2.53. The Morgan fingerprint density at radius 3 is 1.48 bits per heavy atom. The Labute approximate surface area is 145 Å². The molecule has 2 N–H and O–H groups in total. The number of aliphatic carboxylic acids is 2. The first-order valence-corrected chi connectivity index (χ1v) is 8.43. The van der Waals surface area contributed by atoms with Gasteiger partial charge in [-0.25, -0.2) is 19.2 Å². The molecular formula is C18H22O7. The van der Waals surface area contributed by atoms with Gasteiger partial charge in [-0.2, -0.15) is 0 Å². The molecule has 0 heterocycles. The highest BCUT2D eigenvalue weighted by Gasteiger charge is 2.34. The van der Waals surface area contributed by atoms with Gasteiger partial charge < -0.3 is 14.9 Å². The van der Waals surface area contributed by atoms with Gasteiger partial charge in [-0.15, -0.1) is 0 Å². The second-order valence-electron chi connectivity index (χ2n) is 6.66. The highest BCUT2D eigenvalue weighted by Crippen LogP contribution is 2.33. The fraction of sp³-hybridized carbons (Fsp3) is 0.556. The second-order valence-corrected chi connectivity index (χ2v) is 6.66. The maximum atomic E-state index is 12.3. The van der Waals surface area contributed by atoms with Crippen molar-refractivity contribution in [3.05, 3.63) is 22.3 Å². The van der Waals surface area contributed by atoms with Crippen LogP contribution in [0.15, 0.2) is 22.3 Å². The van der Waals surface area contributed by atoms with Crippen molar-refractivity contribution in [1.82, 2.24) is 0 Å². The van der Waals surface area contributed by atoms with Gasteiger partial charge >= 0.3 is 23.9 Å². The van der Waals surface area contributed by atoms with Crippen LogP contribution in [0.1, 0.15) is 52.4 Å². The second kappa shape index (κ2) is 7.63. The van der Waals surface area contributed by atoms with Gasteiger partial charge in [0.2, 0.25) is 0 Å². The number of hydrogen-bond acceptors (Lipinski definition) is 5. The van der Waals surface area contributed by atoms with Gasteiger partial charge in [0.25, 0.3) is 0 Å². The van der Waals surface area contributed by atoms with Gasteiger partial charge in [-0.05, 0) is 50.4 Å². The smallest absolute Gasteiger partial charge is 0.342 e. The monoisotopic (exact) mass is 350 g/mol. The van der Waals surface area contributed by atoms with E-state index < -0.39 is 23.9 Å². The molecule has 0 amide bonds. The van der Waals surface area contributed by atoms with Crippen molar-refractivity contribution in [1.29, 1.82) is 0 Å². The molecule has 136 valence electrons. The Morgan fingerprint density at radius 1 is 0.800 bits per heavy atom. The molecule has 0 aromatic carbocycles. The van der Waals surface area contributed by atoms with E-state index in [-0.39, 0.29) is 47.0 Å². The van der Waals surface area contributed by atoms with Gasteiger partial charge in [0.05, 0.1) is 11.1 Å². The van der Waals surface area contributed by atoms with Gasteiger partial charge in [0.15, 0.2) is 0 Å². The summed E-state index contributed by atoms with van der Waals surface area (Å²) in [4.78, 5) is 47.5. The molecular weight excluding hydrogens is 328 g/mol. The van der Waals surface area contributed by atoms with Crippen molar-refractivity contribution < 1.29 is 34.1 Å². The van der Waals surface area contributed by atoms with Crippen molar-refractivity contribution in [2.24, 2.45) is 11.8 Å². The molecule has 0 aliphatic heterocycles. The third-order valence-electron chi connectivity index (χ3n) is 4.90. The molecule has 0 radical (unpaired) electrons. The summed E-state index contributed by atoms with van der Waals surface area (Å²) >= 11 is 0. The van der Waals surface area contributed by atoms with Crippen molar-refractivity contribution in [3.8, 4) is 0 Å². The average molecular weight is 350 g/mol. The fourth-order valence-electron chi connectivity index (χ4n) is 3.63. The van der Waals surface area contributed by atoms with E-state index in [1.807, 2.05) is 0 Å². The van der Waals surface area contributed by atoms with E-state index in [4.69, 9.17) is 4.74 Å². The van der Waals surface area contributed by atoms with Crippen LogP contribution in [0.3, 0.4) is 0 Å². The number of esters is 2. The Hall–Kier alpha value is -2.44. The molecule has 2 rings (SSSR count). The van der Waals surface area contributed by atoms with Crippen molar-refractivity contribution in [2.45, 2.75) is 52.4 Å². The number of carboxylic acid groups (broad SMARTS) is 2. The number of carboxylic acids is 2. The van der Waals surface area contributed by atoms with E-state index in [1.165, 1.54) is 0 Å². The third-order valence-corrected chi connectivity index (χ3v) is 4.90. The topological polar surface area (TPSA) is 118 Å². The number of ether oxygens (including phenoxy) is 1. The SMILES string of the molecule is CC1CCCC(C(=O)OC(=O)C2=C(C(=O)O)C(C)CCC2)=C1C(=O)O. The predicted molar refractivity (Wildman–Crippen MR) is 86.5 cm³/mol. The molecule has 25 heavy (non-hydrogen) atoms. The number of hydrogen-bond donors (Lipinski definition) is 2. The first kappa shape index (κ1) is 18.9. The maximum Gasteiger partial charge on any atom is 0.342 e. The van der Waals surface area contributed by atoms with Crippen LogP contribution in [0.2, 0.25) is 0 Å². The minimum Gasteiger partial charge on any atom is -0.478 e. The zero-order valence-corrected chi connectivity index (χ0v) is 14.3. The standard InChI is InChI=1S/C18H22O7/c1-9-5-3-7-11(13(9)15(19)20)17(23)25-18(24)12-8-4-6-10(2)14(12)16(21)22/h9-10H,3-8H2,1-2H3,(H,19,20)(H,21,22). The third kappa shape index (κ3) is 3.97. The summed E-state index contributed by atoms with van der Waals surface area (Å²) in [6.45, 7) is 3.43. The van der Waals surface area contributed by atoms with Crippen molar-refractivity contribution in [3.63, 3.8) is 0 Å². The zero-order valence-electron chi connectivity index (χ0n) is 14.3. The Kier molecular flexibility index (Phi) is 5.77. The first-order chi connectivity index (χ1) is 11.7. The fourth-order valence-corrected chi connectivity index (χ4v) is 3.63. The molecule has 2 aliphatic rings. The lowest BCUT2D eigenvalue weighted by atomic mass is 9.83. The number of carbonyl (C=O) groups excluding carboxylic acids is 2. The molecule has 2 unspecified atom stereocenters. The Balaban J connectivity index is 2.29. The lowest BCUT2D eigenvalue weighted by molar-refractivity contribution is -0.155. The van der Waals surface area contributed by atoms with Crippen LogP contribution < -0.4 is 0 Å². The molecule has 2 atom stereocenters. The Bertz CT molecular complexity index is 626. The molecule has 0 aromatic rings. The summed E-state index contributed by atoms with van der Waals surface area (Å²) in [5.74, 6) is -4.94. The van der Waals surface area contributed by atoms with Crippen molar-refractivity contribution >= 4 is 23.9 Å². The molecule has 7 nitrogen and oxygen atoms in total. The van der Waals surface area contributed by atoms with E-state index in [1.54, 1.807) is 13.8 Å². The maximum absolute atomic E-state index is 12.3. The molecule has 0 saturated carbocycles. The predicted octanol–water partition coefficient (Wildman–Crippen LogP) is 2.46. The molecule has 2 aliphatic carbocycles. The van der Waals surface area contributed by atoms with E-state index in [0.717, 1.165) is 0 Å².